The van der Waals surface area contributed by atoms with Gasteiger partial charge in [-0.25, -0.2) is 0 Å². The van der Waals surface area contributed by atoms with Crippen molar-refractivity contribution in [1.82, 2.24) is 0 Å². The van der Waals surface area contributed by atoms with Crippen molar-refractivity contribution >= 4 is 22.6 Å². The Morgan fingerprint density at radius 1 is 1.42 bits per heavy atom. The normalized spacial score (nSPS) is 22.0. The van der Waals surface area contributed by atoms with Crippen molar-refractivity contribution in [2.24, 2.45) is 0 Å². The van der Waals surface area contributed by atoms with Gasteiger partial charge in [-0.3, -0.25) is 0 Å². The first-order valence-corrected chi connectivity index (χ1v) is 5.31. The molecule has 0 saturated carbocycles. The first-order valence-electron chi connectivity index (χ1n) is 4.24. The Kier molecular flexibility index (Phi) is 2.37. The van der Waals surface area contributed by atoms with Gasteiger partial charge < -0.3 is 5.11 Å². The van der Waals surface area contributed by atoms with Crippen LogP contribution in [-0.2, 0) is 6.42 Å². The number of aryl methyl sites for hydroxylation is 1. The molecule has 0 unspecified atom stereocenters. The highest BCUT2D eigenvalue weighted by Crippen LogP contribution is 2.30. The third-order valence-corrected chi connectivity index (χ3v) is 3.06. The first-order chi connectivity index (χ1) is 5.77. The largest absolute Gasteiger partial charge is 0.388 e. The molecule has 0 aliphatic heterocycles. The topological polar surface area (TPSA) is 20.2 Å². The molecule has 1 N–H and O–H groups in total. The summed E-state index contributed by atoms with van der Waals surface area (Å²) in [5, 5.41) is 9.65. The molecule has 0 amide bonds. The average Bonchev–Trinajstić information content (AvgIpc) is 2.04. The van der Waals surface area contributed by atoms with E-state index in [-0.39, 0.29) is 6.10 Å². The van der Waals surface area contributed by atoms with Crippen LogP contribution in [0, 0.1) is 3.57 Å². The molecule has 1 nitrogen and oxygen atoms in total. The lowest BCUT2D eigenvalue weighted by molar-refractivity contribution is 0.156. The Labute approximate surface area is 85.9 Å². The second-order valence-electron chi connectivity index (χ2n) is 3.25. The van der Waals surface area contributed by atoms with E-state index in [1.54, 1.807) is 0 Å². The van der Waals surface area contributed by atoms with Crippen LogP contribution in [0.25, 0.3) is 0 Å². The first kappa shape index (κ1) is 8.51. The smallest absolute Gasteiger partial charge is 0.0792 e. The highest BCUT2D eigenvalue weighted by molar-refractivity contribution is 14.1. The Morgan fingerprint density at radius 3 is 3.08 bits per heavy atom. The van der Waals surface area contributed by atoms with Gasteiger partial charge in [0.2, 0.25) is 0 Å². The van der Waals surface area contributed by atoms with Crippen LogP contribution in [0.3, 0.4) is 0 Å². The molecule has 2 rings (SSSR count). The van der Waals surface area contributed by atoms with Crippen molar-refractivity contribution in [1.29, 1.82) is 0 Å². The van der Waals surface area contributed by atoms with Crippen LogP contribution < -0.4 is 0 Å². The zero-order valence-corrected chi connectivity index (χ0v) is 8.91. The molecule has 0 spiro atoms. The van der Waals surface area contributed by atoms with Gasteiger partial charge in [-0.05, 0) is 65.1 Å². The number of hydrogen-bond donors (Lipinski definition) is 1. The monoisotopic (exact) mass is 274 g/mol. The fraction of sp³-hybridized carbons (Fsp3) is 0.400. The van der Waals surface area contributed by atoms with Crippen molar-refractivity contribution in [3.05, 3.63) is 32.9 Å². The number of fused-ring (bicyclic) bond motifs is 1. The Balaban J connectivity index is 2.46. The SMILES string of the molecule is O[C@@H]1CCCc2cc(I)ccc21. The molecule has 2 heteroatoms. The lowest BCUT2D eigenvalue weighted by Crippen LogP contribution is -2.08. The van der Waals surface area contributed by atoms with E-state index < -0.39 is 0 Å². The van der Waals surface area contributed by atoms with E-state index in [4.69, 9.17) is 0 Å². The molecule has 0 radical (unpaired) electrons. The lowest BCUT2D eigenvalue weighted by Gasteiger charge is -2.21. The zero-order valence-electron chi connectivity index (χ0n) is 6.76. The van der Waals surface area contributed by atoms with Crippen LogP contribution in [0.5, 0.6) is 0 Å². The van der Waals surface area contributed by atoms with Crippen molar-refractivity contribution in [3.63, 3.8) is 0 Å². The van der Waals surface area contributed by atoms with Gasteiger partial charge in [0.25, 0.3) is 0 Å². The van der Waals surface area contributed by atoms with E-state index in [1.165, 1.54) is 9.13 Å². The van der Waals surface area contributed by atoms with Crippen LogP contribution in [0.15, 0.2) is 18.2 Å². The van der Waals surface area contributed by atoms with Crippen LogP contribution in [-0.4, -0.2) is 5.11 Å². The summed E-state index contributed by atoms with van der Waals surface area (Å²) in [6.07, 6.45) is 2.95. The predicted octanol–water partition coefficient (Wildman–Crippen LogP) is 2.66. The van der Waals surface area contributed by atoms with E-state index in [9.17, 15) is 5.11 Å². The average molecular weight is 274 g/mol. The molecule has 0 bridgehead atoms. The van der Waals surface area contributed by atoms with Crippen LogP contribution in [0.2, 0.25) is 0 Å². The van der Waals surface area contributed by atoms with Gasteiger partial charge in [-0.15, -0.1) is 0 Å². The molecule has 1 aliphatic rings. The number of aliphatic hydroxyl groups excluding tert-OH is 1. The van der Waals surface area contributed by atoms with Gasteiger partial charge in [0.1, 0.15) is 0 Å². The molecule has 1 atom stereocenters. The summed E-state index contributed by atoms with van der Waals surface area (Å²) < 4.78 is 1.26. The minimum Gasteiger partial charge on any atom is -0.388 e. The van der Waals surface area contributed by atoms with E-state index >= 15 is 0 Å². The van der Waals surface area contributed by atoms with Gasteiger partial charge >= 0.3 is 0 Å². The molecule has 0 heterocycles. The van der Waals surface area contributed by atoms with Gasteiger partial charge in [0.15, 0.2) is 0 Å². The van der Waals surface area contributed by atoms with Crippen molar-refractivity contribution < 1.29 is 5.11 Å². The molecule has 1 aromatic carbocycles. The molecule has 1 aliphatic carbocycles. The predicted molar refractivity (Wildman–Crippen MR) is 57.1 cm³/mol. The number of aliphatic hydroxyl groups is 1. The number of hydrogen-bond acceptors (Lipinski definition) is 1. The molecule has 0 fully saturated rings. The van der Waals surface area contributed by atoms with E-state index in [2.05, 4.69) is 40.8 Å². The maximum Gasteiger partial charge on any atom is 0.0792 e. The third-order valence-electron chi connectivity index (χ3n) is 2.39. The minimum absolute atomic E-state index is 0.217. The maximum atomic E-state index is 9.65. The van der Waals surface area contributed by atoms with Gasteiger partial charge in [-0.1, -0.05) is 6.07 Å². The molecule has 1 aromatic rings. The molecule has 0 aromatic heterocycles. The molecule has 0 saturated heterocycles. The summed E-state index contributed by atoms with van der Waals surface area (Å²) in [7, 11) is 0. The summed E-state index contributed by atoms with van der Waals surface area (Å²) in [6.45, 7) is 0. The fourth-order valence-electron chi connectivity index (χ4n) is 1.76. The number of benzene rings is 1. The zero-order chi connectivity index (χ0) is 8.55. The quantitative estimate of drug-likeness (QED) is 0.721. The minimum atomic E-state index is -0.217. The van der Waals surface area contributed by atoms with Crippen LogP contribution in [0.1, 0.15) is 30.1 Å². The highest BCUT2D eigenvalue weighted by Gasteiger charge is 2.17. The standard InChI is InChI=1S/C10H11IO/c11-8-4-5-9-7(6-8)2-1-3-10(9)12/h4-6,10,12H,1-3H2/t10-/m1/s1. The molecule has 64 valence electrons. The molecule has 12 heavy (non-hydrogen) atoms. The second-order valence-corrected chi connectivity index (χ2v) is 4.50. The Bertz CT molecular complexity index is 296. The third kappa shape index (κ3) is 1.50. The van der Waals surface area contributed by atoms with Crippen molar-refractivity contribution in [3.8, 4) is 0 Å². The highest BCUT2D eigenvalue weighted by atomic mass is 127. The summed E-state index contributed by atoms with van der Waals surface area (Å²) in [4.78, 5) is 0. The number of halogens is 1. The van der Waals surface area contributed by atoms with Gasteiger partial charge in [0, 0.05) is 3.57 Å². The summed E-state index contributed by atoms with van der Waals surface area (Å²) in [6, 6.07) is 6.30. The Hall–Kier alpha value is -0.0900. The van der Waals surface area contributed by atoms with Crippen LogP contribution >= 0.6 is 22.6 Å². The second kappa shape index (κ2) is 3.34. The summed E-state index contributed by atoms with van der Waals surface area (Å²) in [5.74, 6) is 0. The number of rotatable bonds is 0. The van der Waals surface area contributed by atoms with Gasteiger partial charge in [-0.2, -0.15) is 0 Å². The lowest BCUT2D eigenvalue weighted by atomic mass is 9.90. The summed E-state index contributed by atoms with van der Waals surface area (Å²) in [5.41, 5.74) is 2.47. The van der Waals surface area contributed by atoms with Crippen LogP contribution in [0.4, 0.5) is 0 Å². The fourth-order valence-corrected chi connectivity index (χ4v) is 2.31. The molecular weight excluding hydrogens is 263 g/mol. The maximum absolute atomic E-state index is 9.65. The van der Waals surface area contributed by atoms with Crippen molar-refractivity contribution in [2.75, 3.05) is 0 Å². The van der Waals surface area contributed by atoms with E-state index in [0.717, 1.165) is 24.8 Å². The van der Waals surface area contributed by atoms with Crippen molar-refractivity contribution in [2.45, 2.75) is 25.4 Å². The van der Waals surface area contributed by atoms with E-state index in [1.807, 2.05) is 0 Å². The van der Waals surface area contributed by atoms with E-state index in [0.29, 0.717) is 0 Å². The van der Waals surface area contributed by atoms with Gasteiger partial charge in [0.05, 0.1) is 6.10 Å². The molecular formula is C10H11IO. The Morgan fingerprint density at radius 2 is 2.25 bits per heavy atom. The summed E-state index contributed by atoms with van der Waals surface area (Å²) >= 11 is 2.31.